The Hall–Kier alpha value is -1.40. The van der Waals surface area contributed by atoms with E-state index in [-0.39, 0.29) is 12.5 Å². The Kier molecular flexibility index (Phi) is 5.25. The fourth-order valence-corrected chi connectivity index (χ4v) is 5.06. The third kappa shape index (κ3) is 3.22. The molecule has 2 aliphatic rings. The second-order valence-corrected chi connectivity index (χ2v) is 7.81. The molecule has 24 heavy (non-hydrogen) atoms. The van der Waals surface area contributed by atoms with E-state index in [9.17, 15) is 14.7 Å². The zero-order valence-corrected chi connectivity index (χ0v) is 15.0. The molecule has 3 rings (SSSR count). The summed E-state index contributed by atoms with van der Waals surface area (Å²) in [7, 11) is 1.58. The molecule has 1 aromatic rings. The van der Waals surface area contributed by atoms with Gasteiger partial charge >= 0.3 is 5.97 Å². The first kappa shape index (κ1) is 17.4. The minimum atomic E-state index is -0.874. The molecule has 5 nitrogen and oxygen atoms in total. The predicted molar refractivity (Wildman–Crippen MR) is 92.7 cm³/mol. The van der Waals surface area contributed by atoms with Crippen LogP contribution >= 0.6 is 11.3 Å². The van der Waals surface area contributed by atoms with E-state index in [1.54, 1.807) is 12.0 Å². The lowest BCUT2D eigenvalue weighted by Gasteiger charge is -2.40. The molecule has 0 radical (unpaired) electrons. The first-order valence-corrected chi connectivity index (χ1v) is 9.56. The molecule has 6 heteroatoms. The molecule has 1 aliphatic heterocycles. The van der Waals surface area contributed by atoms with Gasteiger partial charge in [-0.3, -0.25) is 9.59 Å². The van der Waals surface area contributed by atoms with Crippen LogP contribution in [0.4, 0.5) is 0 Å². The SMILES string of the molecule is COCC[C@@]1(C(=O)O)CCCN(C(=O)c2scc3c2CCCC3)C1. The van der Waals surface area contributed by atoms with Gasteiger partial charge in [0.05, 0.1) is 10.3 Å². The Labute approximate surface area is 146 Å². The van der Waals surface area contributed by atoms with Crippen LogP contribution in [-0.2, 0) is 22.4 Å². The summed E-state index contributed by atoms with van der Waals surface area (Å²) >= 11 is 1.53. The van der Waals surface area contributed by atoms with Gasteiger partial charge in [0, 0.05) is 26.8 Å². The van der Waals surface area contributed by atoms with E-state index in [0.29, 0.717) is 26.0 Å². The van der Waals surface area contributed by atoms with Crippen LogP contribution in [0.1, 0.15) is 52.9 Å². The number of carboxylic acids is 1. The summed E-state index contributed by atoms with van der Waals surface area (Å²) in [6.45, 7) is 1.34. The lowest BCUT2D eigenvalue weighted by atomic mass is 9.77. The van der Waals surface area contributed by atoms with Gasteiger partial charge in [0.25, 0.3) is 5.91 Å². The maximum absolute atomic E-state index is 13.0. The molecule has 0 bridgehead atoms. The smallest absolute Gasteiger partial charge is 0.311 e. The van der Waals surface area contributed by atoms with Crippen LogP contribution in [0, 0.1) is 5.41 Å². The van der Waals surface area contributed by atoms with E-state index < -0.39 is 11.4 Å². The van der Waals surface area contributed by atoms with Gasteiger partial charge in [-0.25, -0.2) is 0 Å². The highest BCUT2D eigenvalue weighted by atomic mass is 32.1. The van der Waals surface area contributed by atoms with Crippen molar-refractivity contribution in [3.63, 3.8) is 0 Å². The Morgan fingerprint density at radius 3 is 2.88 bits per heavy atom. The second kappa shape index (κ2) is 7.23. The quantitative estimate of drug-likeness (QED) is 0.886. The third-order valence-electron chi connectivity index (χ3n) is 5.40. The molecule has 0 spiro atoms. The number of nitrogens with zero attached hydrogens (tertiary/aromatic N) is 1. The van der Waals surface area contributed by atoms with Crippen LogP contribution in [0.3, 0.4) is 0 Å². The average molecular weight is 351 g/mol. The molecular formula is C18H25NO4S. The molecule has 1 aliphatic carbocycles. The number of hydrogen-bond donors (Lipinski definition) is 1. The van der Waals surface area contributed by atoms with Crippen LogP contribution in [0.15, 0.2) is 5.38 Å². The molecular weight excluding hydrogens is 326 g/mol. The van der Waals surface area contributed by atoms with E-state index in [4.69, 9.17) is 4.74 Å². The molecule has 1 N–H and O–H groups in total. The highest BCUT2D eigenvalue weighted by Gasteiger charge is 2.43. The number of carbonyl (C=O) groups excluding carboxylic acids is 1. The van der Waals surface area contributed by atoms with Crippen LogP contribution in [0.2, 0.25) is 0 Å². The second-order valence-electron chi connectivity index (χ2n) is 6.93. The van der Waals surface area contributed by atoms with Crippen molar-refractivity contribution in [1.82, 2.24) is 4.90 Å². The zero-order valence-electron chi connectivity index (χ0n) is 14.2. The number of aryl methyl sites for hydroxylation is 1. The minimum Gasteiger partial charge on any atom is -0.481 e. The Bertz CT molecular complexity index is 627. The predicted octanol–water partition coefficient (Wildman–Crippen LogP) is 2.97. The summed E-state index contributed by atoms with van der Waals surface area (Å²) < 4.78 is 5.10. The van der Waals surface area contributed by atoms with E-state index >= 15 is 0 Å². The van der Waals surface area contributed by atoms with Crippen molar-refractivity contribution in [2.24, 2.45) is 5.41 Å². The summed E-state index contributed by atoms with van der Waals surface area (Å²) in [5.74, 6) is -0.795. The molecule has 132 valence electrons. The number of aliphatic carboxylic acids is 1. The van der Waals surface area contributed by atoms with Gasteiger partial charge in [0.1, 0.15) is 0 Å². The van der Waals surface area contributed by atoms with Crippen LogP contribution < -0.4 is 0 Å². The van der Waals surface area contributed by atoms with Gasteiger partial charge in [-0.1, -0.05) is 0 Å². The van der Waals surface area contributed by atoms with Crippen molar-refractivity contribution >= 4 is 23.2 Å². The summed E-state index contributed by atoms with van der Waals surface area (Å²) in [5.41, 5.74) is 1.65. The van der Waals surface area contributed by atoms with E-state index in [0.717, 1.165) is 30.6 Å². The first-order valence-electron chi connectivity index (χ1n) is 8.68. The molecule has 1 saturated heterocycles. The minimum absolute atomic E-state index is 0.0193. The van der Waals surface area contributed by atoms with Crippen molar-refractivity contribution in [1.29, 1.82) is 0 Å². The van der Waals surface area contributed by atoms with Crippen molar-refractivity contribution in [2.75, 3.05) is 26.8 Å². The topological polar surface area (TPSA) is 66.8 Å². The fraction of sp³-hybridized carbons (Fsp3) is 0.667. The molecule has 1 amide bonds. The number of carbonyl (C=O) groups is 2. The third-order valence-corrected chi connectivity index (χ3v) is 6.46. The standard InChI is InChI=1S/C18H25NO4S/c1-23-10-8-18(17(21)22)7-4-9-19(12-18)16(20)15-14-6-3-2-5-13(14)11-24-15/h11H,2-10,12H2,1H3,(H,21,22)/t18-/m0/s1. The van der Waals surface area contributed by atoms with Crippen molar-refractivity contribution in [3.8, 4) is 0 Å². The molecule has 0 aromatic carbocycles. The number of carboxylic acid groups (broad SMARTS) is 1. The van der Waals surface area contributed by atoms with E-state index in [1.807, 2.05) is 0 Å². The maximum Gasteiger partial charge on any atom is 0.311 e. The number of piperidine rings is 1. The Morgan fingerprint density at radius 2 is 2.12 bits per heavy atom. The van der Waals surface area contributed by atoms with Gasteiger partial charge in [-0.05, 0) is 61.5 Å². The maximum atomic E-state index is 13.0. The summed E-state index contributed by atoms with van der Waals surface area (Å²) in [5, 5.41) is 11.9. The Morgan fingerprint density at radius 1 is 1.33 bits per heavy atom. The first-order chi connectivity index (χ1) is 11.6. The monoisotopic (exact) mass is 351 g/mol. The normalized spacial score (nSPS) is 23.8. The molecule has 1 aromatic heterocycles. The van der Waals surface area contributed by atoms with Crippen LogP contribution in [0.5, 0.6) is 0 Å². The van der Waals surface area contributed by atoms with Crippen LogP contribution in [0.25, 0.3) is 0 Å². The Balaban J connectivity index is 1.80. The van der Waals surface area contributed by atoms with Crippen molar-refractivity contribution < 1.29 is 19.4 Å². The molecule has 2 heterocycles. The number of fused-ring (bicyclic) bond motifs is 1. The molecule has 1 atom stereocenters. The lowest BCUT2D eigenvalue weighted by Crippen LogP contribution is -2.50. The zero-order chi connectivity index (χ0) is 17.2. The molecule has 0 saturated carbocycles. The van der Waals surface area contributed by atoms with Crippen molar-refractivity contribution in [2.45, 2.75) is 44.9 Å². The van der Waals surface area contributed by atoms with Gasteiger partial charge < -0.3 is 14.7 Å². The van der Waals surface area contributed by atoms with Gasteiger partial charge in [-0.2, -0.15) is 0 Å². The number of amides is 1. The number of methoxy groups -OCH3 is 1. The van der Waals surface area contributed by atoms with Gasteiger partial charge in [0.15, 0.2) is 0 Å². The average Bonchev–Trinajstić information content (AvgIpc) is 3.03. The summed E-state index contributed by atoms with van der Waals surface area (Å²) in [6.07, 6.45) is 6.16. The fourth-order valence-electron chi connectivity index (χ4n) is 3.93. The number of hydrogen-bond acceptors (Lipinski definition) is 4. The largest absolute Gasteiger partial charge is 0.481 e. The molecule has 1 fully saturated rings. The lowest BCUT2D eigenvalue weighted by molar-refractivity contribution is -0.153. The highest BCUT2D eigenvalue weighted by Crippen LogP contribution is 2.36. The van der Waals surface area contributed by atoms with E-state index in [2.05, 4.69) is 5.38 Å². The van der Waals surface area contributed by atoms with Gasteiger partial charge in [-0.15, -0.1) is 11.3 Å². The van der Waals surface area contributed by atoms with Crippen molar-refractivity contribution in [3.05, 3.63) is 21.4 Å². The van der Waals surface area contributed by atoms with Crippen LogP contribution in [-0.4, -0.2) is 48.7 Å². The number of thiophene rings is 1. The molecule has 0 unspecified atom stereocenters. The van der Waals surface area contributed by atoms with Gasteiger partial charge in [0.2, 0.25) is 0 Å². The number of likely N-dealkylation sites (tertiary alicyclic amines) is 1. The highest BCUT2D eigenvalue weighted by molar-refractivity contribution is 7.12. The summed E-state index contributed by atoms with van der Waals surface area (Å²) in [6, 6.07) is 0. The summed E-state index contributed by atoms with van der Waals surface area (Å²) in [4.78, 5) is 27.5. The number of ether oxygens (including phenoxy) is 1. The van der Waals surface area contributed by atoms with E-state index in [1.165, 1.54) is 28.9 Å². The number of rotatable bonds is 5.